The van der Waals surface area contributed by atoms with Crippen LogP contribution in [-0.4, -0.2) is 22.4 Å². The number of carbonyl (C=O) groups is 1. The second-order valence-electron chi connectivity index (χ2n) is 5.37. The zero-order valence-corrected chi connectivity index (χ0v) is 15.3. The summed E-state index contributed by atoms with van der Waals surface area (Å²) >= 11 is 2.86. The Labute approximate surface area is 157 Å². The number of para-hydroxylation sites is 1. The molecule has 0 fully saturated rings. The first-order valence-electron chi connectivity index (χ1n) is 7.66. The number of primary amides is 1. The molecule has 0 saturated carbocycles. The van der Waals surface area contributed by atoms with E-state index < -0.39 is 12.0 Å². The van der Waals surface area contributed by atoms with Crippen molar-refractivity contribution in [1.82, 2.24) is 10.2 Å². The second-order valence-corrected chi connectivity index (χ2v) is 7.38. The minimum atomic E-state index is -0.911. The Morgan fingerprint density at radius 1 is 1.23 bits per heavy atom. The highest BCUT2D eigenvalue weighted by Crippen LogP contribution is 2.45. The molecule has 26 heavy (non-hydrogen) atoms. The maximum atomic E-state index is 11.9. The van der Waals surface area contributed by atoms with Gasteiger partial charge in [-0.25, -0.2) is 4.84 Å². The molecular formula is C17H14N4O3S2. The van der Waals surface area contributed by atoms with Crippen molar-refractivity contribution in [2.24, 2.45) is 5.73 Å². The fraction of sp³-hybridized carbons (Fsp3) is 0.118. The third-order valence-corrected chi connectivity index (χ3v) is 5.56. The highest BCUT2D eigenvalue weighted by Gasteiger charge is 2.37. The zero-order valence-electron chi connectivity index (χ0n) is 13.7. The quantitative estimate of drug-likeness (QED) is 0.669. The van der Waals surface area contributed by atoms with E-state index in [1.165, 1.54) is 28.2 Å². The van der Waals surface area contributed by atoms with Crippen molar-refractivity contribution in [2.45, 2.75) is 10.4 Å². The number of ether oxygens (including phenoxy) is 1. The summed E-state index contributed by atoms with van der Waals surface area (Å²) in [5.41, 5.74) is 6.84. The summed E-state index contributed by atoms with van der Waals surface area (Å²) in [7, 11) is 0. The molecule has 1 aliphatic heterocycles. The average molecular weight is 386 g/mol. The van der Waals surface area contributed by atoms with Gasteiger partial charge in [-0.2, -0.15) is 5.06 Å². The zero-order chi connectivity index (χ0) is 18.1. The van der Waals surface area contributed by atoms with Crippen LogP contribution in [0.1, 0.15) is 11.7 Å². The Hall–Kier alpha value is -2.62. The van der Waals surface area contributed by atoms with Crippen molar-refractivity contribution < 1.29 is 14.4 Å². The van der Waals surface area contributed by atoms with Crippen LogP contribution in [-0.2, 0) is 9.63 Å². The summed E-state index contributed by atoms with van der Waals surface area (Å²) in [5, 5.41) is 10.2. The summed E-state index contributed by atoms with van der Waals surface area (Å²) < 4.78 is 6.64. The predicted octanol–water partition coefficient (Wildman–Crippen LogP) is 3.66. The van der Waals surface area contributed by atoms with E-state index in [0.29, 0.717) is 27.9 Å². The van der Waals surface area contributed by atoms with Crippen molar-refractivity contribution in [3.05, 3.63) is 54.1 Å². The third kappa shape index (κ3) is 3.12. The largest absolute Gasteiger partial charge is 0.457 e. The Balaban J connectivity index is 1.69. The van der Waals surface area contributed by atoms with Crippen LogP contribution in [0, 0.1) is 0 Å². The summed E-state index contributed by atoms with van der Waals surface area (Å²) in [6, 6.07) is 14.8. The molecular weight excluding hydrogens is 372 g/mol. The standard InChI is InChI=1S/C17H14N4O3S2/c1-25-17-20-19-16(26-17)21-13-8-7-11(23-10-5-3-2-4-6-10)9-12(13)14(24-21)15(18)22/h2-9,14H,1H3,(H2,18,22). The lowest BCUT2D eigenvalue weighted by Gasteiger charge is -2.13. The van der Waals surface area contributed by atoms with Gasteiger partial charge in [-0.1, -0.05) is 41.3 Å². The molecule has 2 aromatic carbocycles. The smallest absolute Gasteiger partial charge is 0.254 e. The molecule has 1 aliphatic rings. The van der Waals surface area contributed by atoms with Crippen molar-refractivity contribution >= 4 is 39.8 Å². The predicted molar refractivity (Wildman–Crippen MR) is 99.8 cm³/mol. The van der Waals surface area contributed by atoms with Crippen LogP contribution in [0.5, 0.6) is 11.5 Å². The highest BCUT2D eigenvalue weighted by atomic mass is 32.2. The molecule has 7 nitrogen and oxygen atoms in total. The number of anilines is 2. The van der Waals surface area contributed by atoms with E-state index in [-0.39, 0.29) is 0 Å². The van der Waals surface area contributed by atoms with E-state index in [1.807, 2.05) is 48.7 Å². The van der Waals surface area contributed by atoms with Gasteiger partial charge in [0.1, 0.15) is 11.5 Å². The summed E-state index contributed by atoms with van der Waals surface area (Å²) in [6.07, 6.45) is 1.01. The molecule has 0 bridgehead atoms. The minimum Gasteiger partial charge on any atom is -0.457 e. The van der Waals surface area contributed by atoms with E-state index in [1.54, 1.807) is 6.07 Å². The van der Waals surface area contributed by atoms with Crippen molar-refractivity contribution in [1.29, 1.82) is 0 Å². The maximum absolute atomic E-state index is 11.9. The Bertz CT molecular complexity index is 948. The molecule has 0 radical (unpaired) electrons. The molecule has 132 valence electrons. The summed E-state index contributed by atoms with van der Waals surface area (Å²) in [4.78, 5) is 17.6. The maximum Gasteiger partial charge on any atom is 0.254 e. The van der Waals surface area contributed by atoms with Crippen molar-refractivity contribution in [3.63, 3.8) is 0 Å². The molecule has 0 aliphatic carbocycles. The van der Waals surface area contributed by atoms with Crippen LogP contribution in [0.15, 0.2) is 52.9 Å². The van der Waals surface area contributed by atoms with Crippen LogP contribution < -0.4 is 15.5 Å². The Morgan fingerprint density at radius 3 is 2.73 bits per heavy atom. The fourth-order valence-electron chi connectivity index (χ4n) is 2.56. The highest BCUT2D eigenvalue weighted by molar-refractivity contribution is 8.00. The Kier molecular flexibility index (Phi) is 4.49. The normalized spacial score (nSPS) is 15.7. The monoisotopic (exact) mass is 386 g/mol. The summed E-state index contributed by atoms with van der Waals surface area (Å²) in [5.74, 6) is 0.710. The number of hydrogen-bond acceptors (Lipinski definition) is 8. The number of thioether (sulfide) groups is 1. The third-order valence-electron chi connectivity index (χ3n) is 3.69. The van der Waals surface area contributed by atoms with E-state index >= 15 is 0 Å². The number of fused-ring (bicyclic) bond motifs is 1. The van der Waals surface area contributed by atoms with Crippen molar-refractivity contribution in [3.8, 4) is 11.5 Å². The summed E-state index contributed by atoms with van der Waals surface area (Å²) in [6.45, 7) is 0. The molecule has 0 saturated heterocycles. The van der Waals surface area contributed by atoms with Gasteiger partial charge in [-0.05, 0) is 36.6 Å². The lowest BCUT2D eigenvalue weighted by Crippen LogP contribution is -2.23. The van der Waals surface area contributed by atoms with Crippen LogP contribution in [0.4, 0.5) is 10.8 Å². The van der Waals surface area contributed by atoms with Gasteiger partial charge in [-0.15, -0.1) is 10.2 Å². The molecule has 1 amide bonds. The number of hydrogen-bond donors (Lipinski definition) is 1. The van der Waals surface area contributed by atoms with Gasteiger partial charge in [0.05, 0.1) is 5.69 Å². The van der Waals surface area contributed by atoms with Gasteiger partial charge in [0, 0.05) is 5.56 Å². The molecule has 0 spiro atoms. The molecule has 2 N–H and O–H groups in total. The van der Waals surface area contributed by atoms with Crippen LogP contribution >= 0.6 is 23.1 Å². The number of benzene rings is 2. The topological polar surface area (TPSA) is 90.6 Å². The van der Waals surface area contributed by atoms with E-state index in [0.717, 1.165) is 4.34 Å². The number of nitrogens with zero attached hydrogens (tertiary/aromatic N) is 3. The van der Waals surface area contributed by atoms with Crippen LogP contribution in [0.25, 0.3) is 0 Å². The Morgan fingerprint density at radius 2 is 2.04 bits per heavy atom. The van der Waals surface area contributed by atoms with Gasteiger partial charge < -0.3 is 10.5 Å². The van der Waals surface area contributed by atoms with E-state index in [4.69, 9.17) is 15.3 Å². The average Bonchev–Trinajstić information content (AvgIpc) is 3.26. The fourth-order valence-corrected chi connectivity index (χ4v) is 3.78. The number of rotatable bonds is 5. The first kappa shape index (κ1) is 16.8. The lowest BCUT2D eigenvalue weighted by molar-refractivity contribution is -0.128. The molecule has 3 aromatic rings. The first-order chi connectivity index (χ1) is 12.7. The van der Waals surface area contributed by atoms with Gasteiger partial charge in [0.25, 0.3) is 5.91 Å². The lowest BCUT2D eigenvalue weighted by atomic mass is 10.1. The van der Waals surface area contributed by atoms with Gasteiger partial charge in [0.2, 0.25) is 5.13 Å². The number of nitrogens with two attached hydrogens (primary N) is 1. The van der Waals surface area contributed by atoms with Crippen LogP contribution in [0.3, 0.4) is 0 Å². The first-order valence-corrected chi connectivity index (χ1v) is 9.70. The van der Waals surface area contributed by atoms with Crippen molar-refractivity contribution in [2.75, 3.05) is 11.3 Å². The van der Waals surface area contributed by atoms with Gasteiger partial charge in [-0.3, -0.25) is 4.79 Å². The SMILES string of the molecule is CSc1nnc(N2OC(C(N)=O)c3cc(Oc4ccccc4)ccc32)s1. The van der Waals surface area contributed by atoms with Gasteiger partial charge >= 0.3 is 0 Å². The van der Waals surface area contributed by atoms with Crippen LogP contribution in [0.2, 0.25) is 0 Å². The number of aromatic nitrogens is 2. The van der Waals surface area contributed by atoms with E-state index in [2.05, 4.69) is 10.2 Å². The molecule has 9 heteroatoms. The number of amides is 1. The minimum absolute atomic E-state index is 0.538. The molecule has 4 rings (SSSR count). The second kappa shape index (κ2) is 6.94. The van der Waals surface area contributed by atoms with E-state index in [9.17, 15) is 4.79 Å². The van der Waals surface area contributed by atoms with Gasteiger partial charge in [0.15, 0.2) is 10.4 Å². The number of carbonyl (C=O) groups excluding carboxylic acids is 1. The molecule has 2 heterocycles. The molecule has 1 atom stereocenters. The molecule has 1 unspecified atom stereocenters. The molecule has 1 aromatic heterocycles.